The molecule has 0 N–H and O–H groups in total. The molecule has 0 atom stereocenters. The van der Waals surface area contributed by atoms with Gasteiger partial charge in [0.05, 0.1) is 17.6 Å². The Balaban J connectivity index is 2.02. The summed E-state index contributed by atoms with van der Waals surface area (Å²) in [6, 6.07) is 1.82. The van der Waals surface area contributed by atoms with Crippen molar-refractivity contribution in [3.05, 3.63) is 30.9 Å². The lowest BCUT2D eigenvalue weighted by atomic mass is 10.2. The van der Waals surface area contributed by atoms with E-state index in [1.165, 1.54) is 16.7 Å². The molecule has 0 aromatic carbocycles. The van der Waals surface area contributed by atoms with Crippen LogP contribution in [0.5, 0.6) is 0 Å². The fourth-order valence-electron chi connectivity index (χ4n) is 2.33. The molecule has 0 radical (unpaired) electrons. The molecule has 0 saturated heterocycles. The molecule has 0 aliphatic heterocycles. The van der Waals surface area contributed by atoms with E-state index in [1.54, 1.807) is 31.8 Å². The summed E-state index contributed by atoms with van der Waals surface area (Å²) in [5.41, 5.74) is 1.49. The fourth-order valence-corrected chi connectivity index (χ4v) is 2.69. The molecule has 0 aliphatic carbocycles. The fraction of sp³-hybridized carbons (Fsp3) is 0.353. The second-order valence-electron chi connectivity index (χ2n) is 6.56. The Kier molecular flexibility index (Phi) is 4.82. The van der Waals surface area contributed by atoms with Crippen molar-refractivity contribution in [3.8, 4) is 11.4 Å². The van der Waals surface area contributed by atoms with Crippen LogP contribution < -0.4 is 4.90 Å². The van der Waals surface area contributed by atoms with E-state index in [0.717, 1.165) is 11.4 Å². The zero-order chi connectivity index (χ0) is 18.9. The number of rotatable bonds is 3. The summed E-state index contributed by atoms with van der Waals surface area (Å²) < 4.78 is 7.25. The average molecular weight is 372 g/mol. The molecular formula is C17H20N6O2S. The summed E-state index contributed by atoms with van der Waals surface area (Å²) in [5, 5.41) is 0.678. The minimum Gasteiger partial charge on any atom is -0.443 e. The maximum Gasteiger partial charge on any atom is 0.415 e. The van der Waals surface area contributed by atoms with Crippen LogP contribution in [0.2, 0.25) is 0 Å². The third-order valence-corrected chi connectivity index (χ3v) is 4.03. The monoisotopic (exact) mass is 372 g/mol. The Labute approximate surface area is 155 Å². The molecule has 3 aromatic rings. The molecule has 0 spiro atoms. The van der Waals surface area contributed by atoms with Gasteiger partial charge in [-0.25, -0.2) is 24.7 Å². The highest BCUT2D eigenvalue weighted by Crippen LogP contribution is 2.25. The van der Waals surface area contributed by atoms with Crippen molar-refractivity contribution in [3.63, 3.8) is 0 Å². The molecule has 26 heavy (non-hydrogen) atoms. The number of hydrogen-bond donors (Lipinski definition) is 0. The highest BCUT2D eigenvalue weighted by molar-refractivity contribution is 7.98. The van der Waals surface area contributed by atoms with Gasteiger partial charge in [-0.15, -0.1) is 0 Å². The number of thioether (sulfide) groups is 1. The highest BCUT2D eigenvalue weighted by atomic mass is 32.2. The largest absolute Gasteiger partial charge is 0.443 e. The van der Waals surface area contributed by atoms with Gasteiger partial charge in [0.15, 0.2) is 16.6 Å². The van der Waals surface area contributed by atoms with Gasteiger partial charge in [-0.2, -0.15) is 0 Å². The van der Waals surface area contributed by atoms with E-state index >= 15 is 0 Å². The van der Waals surface area contributed by atoms with Crippen LogP contribution in [0.3, 0.4) is 0 Å². The Morgan fingerprint density at radius 1 is 1.23 bits per heavy atom. The Hall–Kier alpha value is -2.68. The Bertz CT molecular complexity index is 950. The highest BCUT2D eigenvalue weighted by Gasteiger charge is 2.24. The van der Waals surface area contributed by atoms with Gasteiger partial charge in [0, 0.05) is 25.6 Å². The smallest absolute Gasteiger partial charge is 0.415 e. The average Bonchev–Trinajstić information content (AvgIpc) is 3.03. The van der Waals surface area contributed by atoms with E-state index in [-0.39, 0.29) is 0 Å². The first-order valence-corrected chi connectivity index (χ1v) is 9.19. The summed E-state index contributed by atoms with van der Waals surface area (Å²) >= 11 is 1.47. The van der Waals surface area contributed by atoms with Gasteiger partial charge in [-0.1, -0.05) is 11.8 Å². The molecule has 0 aliphatic rings. The van der Waals surface area contributed by atoms with Crippen molar-refractivity contribution in [2.75, 3.05) is 18.2 Å². The van der Waals surface area contributed by atoms with Crippen molar-refractivity contribution in [1.29, 1.82) is 0 Å². The van der Waals surface area contributed by atoms with E-state index in [9.17, 15) is 4.79 Å². The van der Waals surface area contributed by atoms with E-state index in [2.05, 4.69) is 19.9 Å². The Morgan fingerprint density at radius 3 is 2.69 bits per heavy atom. The van der Waals surface area contributed by atoms with Crippen molar-refractivity contribution >= 4 is 29.3 Å². The molecule has 136 valence electrons. The lowest BCUT2D eigenvalue weighted by molar-refractivity contribution is 0.0588. The first-order valence-electron chi connectivity index (χ1n) is 7.96. The Morgan fingerprint density at radius 2 is 2.00 bits per heavy atom. The maximum atomic E-state index is 12.4. The van der Waals surface area contributed by atoms with Gasteiger partial charge in [-0.05, 0) is 33.1 Å². The summed E-state index contributed by atoms with van der Waals surface area (Å²) in [4.78, 5) is 31.2. The van der Waals surface area contributed by atoms with Crippen LogP contribution in [0.25, 0.3) is 17.0 Å². The minimum atomic E-state index is -0.591. The minimum absolute atomic E-state index is 0.409. The standard InChI is InChI=1S/C17H20N6O2S/c1-17(2,3)25-16(24)22(4)13-14-20-10-12(23(14)9-8-18-13)11-6-7-19-15(21-11)26-5/h6-10H,1-5H3. The van der Waals surface area contributed by atoms with Crippen LogP contribution in [0.15, 0.2) is 36.0 Å². The second-order valence-corrected chi connectivity index (χ2v) is 7.33. The van der Waals surface area contributed by atoms with Crippen LogP contribution in [0, 0.1) is 0 Å². The quantitative estimate of drug-likeness (QED) is 0.515. The molecule has 9 heteroatoms. The molecule has 0 bridgehead atoms. The number of carbonyl (C=O) groups is 1. The van der Waals surface area contributed by atoms with Gasteiger partial charge in [-0.3, -0.25) is 9.30 Å². The molecule has 3 heterocycles. The van der Waals surface area contributed by atoms with Crippen molar-refractivity contribution in [2.45, 2.75) is 31.5 Å². The summed E-state index contributed by atoms with van der Waals surface area (Å²) in [6.45, 7) is 5.45. The molecule has 8 nitrogen and oxygen atoms in total. The summed E-state index contributed by atoms with van der Waals surface area (Å²) in [6.07, 6.45) is 8.24. The molecule has 0 unspecified atom stereocenters. The number of imidazole rings is 1. The SMILES string of the molecule is CSc1nccc(-c2cnc3c(N(C)C(=O)OC(C)(C)C)nccn23)n1. The van der Waals surface area contributed by atoms with E-state index in [0.29, 0.717) is 16.6 Å². The molecular weight excluding hydrogens is 352 g/mol. The number of aromatic nitrogens is 5. The maximum absolute atomic E-state index is 12.4. The van der Waals surface area contributed by atoms with Crippen LogP contribution in [0.4, 0.5) is 10.6 Å². The number of carbonyl (C=O) groups excluding carboxylic acids is 1. The number of amides is 1. The third kappa shape index (κ3) is 3.62. The zero-order valence-corrected chi connectivity index (χ0v) is 16.1. The lowest BCUT2D eigenvalue weighted by Gasteiger charge is -2.24. The predicted octanol–water partition coefficient (Wildman–Crippen LogP) is 3.28. The van der Waals surface area contributed by atoms with Crippen LogP contribution in [-0.4, -0.2) is 49.3 Å². The third-order valence-electron chi connectivity index (χ3n) is 3.47. The van der Waals surface area contributed by atoms with Gasteiger partial charge in [0.2, 0.25) is 0 Å². The molecule has 1 amide bonds. The zero-order valence-electron chi connectivity index (χ0n) is 15.3. The van der Waals surface area contributed by atoms with Gasteiger partial charge < -0.3 is 4.74 Å². The molecule has 3 rings (SSSR count). The first kappa shape index (κ1) is 18.1. The second kappa shape index (κ2) is 6.91. The summed E-state index contributed by atoms with van der Waals surface area (Å²) in [7, 11) is 1.61. The number of anilines is 1. The summed E-state index contributed by atoms with van der Waals surface area (Å²) in [5.74, 6) is 0.409. The normalized spacial score (nSPS) is 11.6. The number of nitrogens with zero attached hydrogens (tertiary/aromatic N) is 6. The van der Waals surface area contributed by atoms with Crippen molar-refractivity contribution in [2.24, 2.45) is 0 Å². The van der Waals surface area contributed by atoms with Crippen molar-refractivity contribution < 1.29 is 9.53 Å². The topological polar surface area (TPSA) is 85.5 Å². The molecule has 0 fully saturated rings. The van der Waals surface area contributed by atoms with Crippen LogP contribution >= 0.6 is 11.8 Å². The van der Waals surface area contributed by atoms with Crippen molar-refractivity contribution in [1.82, 2.24) is 24.3 Å². The van der Waals surface area contributed by atoms with Gasteiger partial charge in [0.1, 0.15) is 5.60 Å². The number of fused-ring (bicyclic) bond motifs is 1. The molecule has 0 saturated carbocycles. The van der Waals surface area contributed by atoms with Crippen LogP contribution in [0.1, 0.15) is 20.8 Å². The predicted molar refractivity (Wildman–Crippen MR) is 100 cm³/mol. The number of ether oxygens (including phenoxy) is 1. The van der Waals surface area contributed by atoms with Gasteiger partial charge in [0.25, 0.3) is 0 Å². The number of hydrogen-bond acceptors (Lipinski definition) is 7. The lowest BCUT2D eigenvalue weighted by Crippen LogP contribution is -2.34. The molecule has 3 aromatic heterocycles. The first-order chi connectivity index (χ1) is 12.3. The van der Waals surface area contributed by atoms with E-state index < -0.39 is 11.7 Å². The van der Waals surface area contributed by atoms with E-state index in [4.69, 9.17) is 4.74 Å². The van der Waals surface area contributed by atoms with E-state index in [1.807, 2.05) is 37.5 Å². The van der Waals surface area contributed by atoms with Gasteiger partial charge >= 0.3 is 6.09 Å². The van der Waals surface area contributed by atoms with Crippen LogP contribution in [-0.2, 0) is 4.74 Å².